The Labute approximate surface area is 220 Å². The van der Waals surface area contributed by atoms with E-state index in [1.54, 1.807) is 0 Å². The van der Waals surface area contributed by atoms with Crippen molar-refractivity contribution in [1.82, 2.24) is 0 Å². The van der Waals surface area contributed by atoms with Gasteiger partial charge in [0.2, 0.25) is 27.1 Å². The van der Waals surface area contributed by atoms with Crippen molar-refractivity contribution in [2.75, 3.05) is 6.61 Å². The number of benzene rings is 1. The average molecular weight is 505 g/mol. The van der Waals surface area contributed by atoms with Crippen LogP contribution in [0.1, 0.15) is 0 Å². The van der Waals surface area contributed by atoms with Gasteiger partial charge >= 0.3 is 59.1 Å². The van der Waals surface area contributed by atoms with Crippen molar-refractivity contribution in [3.05, 3.63) is 34.4 Å². The maximum absolute atomic E-state index is 10.9. The Hall–Kier alpha value is 0.0400. The number of ether oxygens (including phenoxy) is 2. The topological polar surface area (TPSA) is 235 Å². The first-order valence-electron chi connectivity index (χ1n) is 7.44. The van der Waals surface area contributed by atoms with Crippen molar-refractivity contribution in [2.24, 2.45) is 0 Å². The monoisotopic (exact) mass is 505 g/mol. The molecule has 0 aromatic heterocycles. The molecule has 0 unspecified atom stereocenters. The van der Waals surface area contributed by atoms with Crippen LogP contribution in [-0.4, -0.2) is 78.4 Å². The molecule has 19 heteroatoms. The van der Waals surface area contributed by atoms with Gasteiger partial charge in [-0.25, -0.2) is 16.8 Å². The van der Waals surface area contributed by atoms with Crippen LogP contribution in [0.15, 0.2) is 24.3 Å². The first kappa shape index (κ1) is 31.0. The molecule has 15 nitrogen and oxygen atoms in total. The van der Waals surface area contributed by atoms with E-state index in [-0.39, 0.29) is 70.6 Å². The maximum atomic E-state index is 10.9. The Morgan fingerprint density at radius 1 is 1.00 bits per heavy atom. The molecule has 1 aliphatic heterocycles. The van der Waals surface area contributed by atoms with E-state index in [2.05, 4.69) is 8.37 Å². The predicted molar refractivity (Wildman–Crippen MR) is 84.6 cm³/mol. The van der Waals surface area contributed by atoms with Crippen molar-refractivity contribution in [2.45, 2.75) is 30.7 Å². The largest absolute Gasteiger partial charge is 1.00 e. The van der Waals surface area contributed by atoms with E-state index in [1.807, 2.05) is 0 Å². The molecule has 2 rings (SSSR count). The fraction of sp³-hybridized carbons (Fsp3) is 0.500. The summed E-state index contributed by atoms with van der Waals surface area (Å²) in [5, 5.41) is 30.8. The number of aliphatic hydroxyl groups is 2. The summed E-state index contributed by atoms with van der Waals surface area (Å²) in [7, 11) is -10.7. The van der Waals surface area contributed by atoms with Gasteiger partial charge in [0.15, 0.2) is 0 Å². The molecule has 1 aromatic rings. The molecule has 0 aliphatic carbocycles. The van der Waals surface area contributed by atoms with Crippen molar-refractivity contribution in [3.63, 3.8) is 0 Å². The van der Waals surface area contributed by atoms with Crippen LogP contribution in [0.5, 0.6) is 5.75 Å². The normalized spacial score (nSPS) is 26.3. The molecule has 0 amide bonds. The Morgan fingerprint density at radius 3 is 2.00 bits per heavy atom. The summed E-state index contributed by atoms with van der Waals surface area (Å²) in [6.07, 6.45) is -10.0. The molecule has 0 radical (unpaired) electrons. The Morgan fingerprint density at radius 2 is 1.55 bits per heavy atom. The van der Waals surface area contributed by atoms with Crippen LogP contribution in [-0.2, 0) is 33.9 Å². The van der Waals surface area contributed by atoms with Crippen molar-refractivity contribution in [1.29, 1.82) is 0 Å². The maximum Gasteiger partial charge on any atom is 1.00 e. The molecule has 1 aliphatic rings. The molecule has 2 N–H and O–H groups in total. The molecule has 164 valence electrons. The average Bonchev–Trinajstić information content (AvgIpc) is 2.59. The molecule has 1 heterocycles. The molecule has 0 bridgehead atoms. The molecular weight excluding hydrogens is 492 g/mol. The van der Waals surface area contributed by atoms with Gasteiger partial charge in [0.05, 0.1) is 11.5 Å². The van der Waals surface area contributed by atoms with Gasteiger partial charge in [0.1, 0.15) is 30.2 Å². The molecule has 0 saturated carbocycles. The fourth-order valence-electron chi connectivity index (χ4n) is 2.32. The third-order valence-electron chi connectivity index (χ3n) is 3.55. The summed E-state index contributed by atoms with van der Waals surface area (Å²) in [5.74, 6) is -0.129. The summed E-state index contributed by atoms with van der Waals surface area (Å²) in [6.45, 7) is -1.13. The second-order valence-corrected chi connectivity index (χ2v) is 7.62. The van der Waals surface area contributed by atoms with Crippen LogP contribution in [0.3, 0.4) is 0 Å². The van der Waals surface area contributed by atoms with E-state index < -0.39 is 63.0 Å². The minimum atomic E-state index is -5.44. The minimum absolute atomic E-state index is 0. The first-order valence-corrected chi connectivity index (χ1v) is 10.1. The molecule has 0 spiro atoms. The number of non-ortho nitro benzene ring substituents is 1. The fourth-order valence-corrected chi connectivity index (χ4v) is 3.12. The van der Waals surface area contributed by atoms with Gasteiger partial charge in [0, 0.05) is 12.1 Å². The summed E-state index contributed by atoms with van der Waals surface area (Å²) >= 11 is 0. The molecule has 31 heavy (non-hydrogen) atoms. The third-order valence-corrected chi connectivity index (χ3v) is 4.43. The number of aliphatic hydroxyl groups excluding tert-OH is 2. The standard InChI is InChI=1S/C12H15NO14S2.2Na/c14-9-8(5-24-28(18,19)20)26-12(10(15)11(9)27-29(21,22)23)25-7-3-1-6(2-4-7)13(16)17;;/h1-4,8-12,14-15H,5H2,(H,18,19,20)(H,21,22,23);;/q;2*+1/p-2/t8-,9-,10+,11+,12+;;/m1../s1. The summed E-state index contributed by atoms with van der Waals surface area (Å²) in [4.78, 5) is 9.94. The van der Waals surface area contributed by atoms with E-state index in [0.717, 1.165) is 24.3 Å². The zero-order chi connectivity index (χ0) is 22.0. The van der Waals surface area contributed by atoms with Gasteiger partial charge in [-0.1, -0.05) is 0 Å². The SMILES string of the molecule is O=[N+]([O-])c1ccc(O[C@H]2O[C@H](COS(=O)(=O)[O-])[C@@H](O)[C@H](OS(=O)(=O)[O-])[C@@H]2O)cc1.[Na+].[Na+]. The van der Waals surface area contributed by atoms with Crippen LogP contribution in [0.4, 0.5) is 5.69 Å². The van der Waals surface area contributed by atoms with Gasteiger partial charge < -0.3 is 28.8 Å². The van der Waals surface area contributed by atoms with Crippen molar-refractivity contribution < 1.29 is 118 Å². The summed E-state index contributed by atoms with van der Waals surface area (Å²) in [5.41, 5.74) is -0.302. The molecule has 1 aromatic carbocycles. The number of hydrogen-bond acceptors (Lipinski definition) is 14. The number of rotatable bonds is 8. The van der Waals surface area contributed by atoms with Crippen LogP contribution in [0.25, 0.3) is 0 Å². The van der Waals surface area contributed by atoms with Crippen LogP contribution in [0.2, 0.25) is 0 Å². The second-order valence-electron chi connectivity index (χ2n) is 5.55. The van der Waals surface area contributed by atoms with E-state index >= 15 is 0 Å². The van der Waals surface area contributed by atoms with Crippen LogP contribution in [0, 0.1) is 10.1 Å². The summed E-state index contributed by atoms with van der Waals surface area (Å²) < 4.78 is 82.6. The van der Waals surface area contributed by atoms with Crippen LogP contribution >= 0.6 is 0 Å². The zero-order valence-corrected chi connectivity index (χ0v) is 21.6. The van der Waals surface area contributed by atoms with Gasteiger partial charge in [-0.15, -0.1) is 0 Å². The Balaban J connectivity index is 0.00000450. The van der Waals surface area contributed by atoms with Gasteiger partial charge in [-0.3, -0.25) is 18.5 Å². The number of nitro groups is 1. The first-order chi connectivity index (χ1) is 13.3. The van der Waals surface area contributed by atoms with Crippen molar-refractivity contribution in [3.8, 4) is 5.75 Å². The Bertz CT molecular complexity index is 941. The molecule has 5 atom stereocenters. The second kappa shape index (κ2) is 12.5. The number of nitro benzene ring substituents is 1. The van der Waals surface area contributed by atoms with E-state index in [9.17, 15) is 46.3 Å². The quantitative estimate of drug-likeness (QED) is 0.110. The minimum Gasteiger partial charge on any atom is -0.726 e. The van der Waals surface area contributed by atoms with Crippen LogP contribution < -0.4 is 63.9 Å². The molecular formula is C12H13NNa2O14S2. The van der Waals surface area contributed by atoms with E-state index in [0.29, 0.717) is 0 Å². The van der Waals surface area contributed by atoms with Gasteiger partial charge in [-0.2, -0.15) is 0 Å². The van der Waals surface area contributed by atoms with Crippen molar-refractivity contribution >= 4 is 26.5 Å². The van der Waals surface area contributed by atoms with Gasteiger partial charge in [0.25, 0.3) is 5.69 Å². The van der Waals surface area contributed by atoms with E-state index in [4.69, 9.17) is 9.47 Å². The summed E-state index contributed by atoms with van der Waals surface area (Å²) in [6, 6.07) is 4.24. The van der Waals surface area contributed by atoms with E-state index in [1.165, 1.54) is 0 Å². The predicted octanol–water partition coefficient (Wildman–Crippen LogP) is -8.25. The number of nitrogens with zero attached hydrogens (tertiary/aromatic N) is 1. The molecule has 1 saturated heterocycles. The zero-order valence-electron chi connectivity index (χ0n) is 16.0. The molecule has 1 fully saturated rings. The number of hydrogen-bond donors (Lipinski definition) is 2. The third kappa shape index (κ3) is 9.82. The Kier molecular flexibility index (Phi) is 12.5. The smallest absolute Gasteiger partial charge is 0.726 e. The van der Waals surface area contributed by atoms with Gasteiger partial charge in [-0.05, 0) is 12.1 Å².